The molecule has 0 saturated carbocycles. The van der Waals surface area contributed by atoms with E-state index in [4.69, 9.17) is 9.47 Å². The van der Waals surface area contributed by atoms with Gasteiger partial charge in [0, 0.05) is 5.56 Å². The van der Waals surface area contributed by atoms with Gasteiger partial charge in [-0.2, -0.15) is 0 Å². The summed E-state index contributed by atoms with van der Waals surface area (Å²) in [6.07, 6.45) is 13.9. The van der Waals surface area contributed by atoms with Gasteiger partial charge in [0.15, 0.2) is 0 Å². The first-order valence-electron chi connectivity index (χ1n) is 13.2. The minimum Gasteiger partial charge on any atom is -0.494 e. The molecule has 3 aromatic rings. The summed E-state index contributed by atoms with van der Waals surface area (Å²) >= 11 is 0. The van der Waals surface area contributed by atoms with Crippen LogP contribution in [-0.4, -0.2) is 17.6 Å². The van der Waals surface area contributed by atoms with Gasteiger partial charge in [0.05, 0.1) is 24.1 Å². The van der Waals surface area contributed by atoms with Gasteiger partial charge < -0.3 is 9.47 Å². The quantitative estimate of drug-likeness (QED) is 0.164. The first-order valence-corrected chi connectivity index (χ1v) is 13.2. The number of aromatic nitrogens is 1. The lowest BCUT2D eigenvalue weighted by Gasteiger charge is -2.08. The van der Waals surface area contributed by atoms with E-state index in [-0.39, 0.29) is 5.97 Å². The smallest absolute Gasteiger partial charge is 0.343 e. The van der Waals surface area contributed by atoms with Crippen LogP contribution in [0.15, 0.2) is 66.9 Å². The van der Waals surface area contributed by atoms with Crippen LogP contribution in [0.3, 0.4) is 0 Å². The molecule has 35 heavy (non-hydrogen) atoms. The van der Waals surface area contributed by atoms with Gasteiger partial charge in [-0.05, 0) is 73.4 Å². The van der Waals surface area contributed by atoms with Crippen LogP contribution < -0.4 is 9.47 Å². The lowest BCUT2D eigenvalue weighted by Crippen LogP contribution is -2.08. The molecule has 0 saturated heterocycles. The highest BCUT2D eigenvalue weighted by Gasteiger charge is 2.10. The van der Waals surface area contributed by atoms with E-state index in [1.54, 1.807) is 12.3 Å². The van der Waals surface area contributed by atoms with Crippen molar-refractivity contribution in [3.8, 4) is 22.8 Å². The number of carbonyl (C=O) groups excluding carboxylic acids is 1. The van der Waals surface area contributed by atoms with E-state index in [2.05, 4.69) is 18.8 Å². The van der Waals surface area contributed by atoms with Crippen molar-refractivity contribution in [1.29, 1.82) is 0 Å². The van der Waals surface area contributed by atoms with Crippen molar-refractivity contribution in [3.05, 3.63) is 78.0 Å². The Hall–Kier alpha value is -3.14. The fourth-order valence-corrected chi connectivity index (χ4v) is 3.93. The molecule has 1 heterocycles. The number of rotatable bonds is 15. The molecule has 0 aliphatic heterocycles. The molecule has 0 aliphatic carbocycles. The summed E-state index contributed by atoms with van der Waals surface area (Å²) in [5.74, 6) is 0.933. The molecule has 0 atom stereocenters. The largest absolute Gasteiger partial charge is 0.494 e. The van der Waals surface area contributed by atoms with E-state index in [9.17, 15) is 4.79 Å². The Kier molecular flexibility index (Phi) is 11.3. The van der Waals surface area contributed by atoms with Crippen molar-refractivity contribution in [2.45, 2.75) is 78.1 Å². The normalized spacial score (nSPS) is 10.8. The molecule has 0 aliphatic rings. The highest BCUT2D eigenvalue weighted by molar-refractivity contribution is 5.91. The number of hydrogen-bond donors (Lipinski definition) is 0. The van der Waals surface area contributed by atoms with Gasteiger partial charge in [-0.3, -0.25) is 4.98 Å². The molecule has 0 spiro atoms. The lowest BCUT2D eigenvalue weighted by molar-refractivity contribution is 0.0734. The zero-order chi connectivity index (χ0) is 24.7. The van der Waals surface area contributed by atoms with Crippen LogP contribution in [0.1, 0.15) is 87.6 Å². The molecule has 2 aromatic carbocycles. The second-order valence-corrected chi connectivity index (χ2v) is 9.06. The van der Waals surface area contributed by atoms with Crippen LogP contribution in [0.4, 0.5) is 0 Å². The predicted molar refractivity (Wildman–Crippen MR) is 143 cm³/mol. The minimum absolute atomic E-state index is 0.365. The fraction of sp³-hybridized carbons (Fsp3) is 0.419. The third-order valence-corrected chi connectivity index (χ3v) is 6.12. The summed E-state index contributed by atoms with van der Waals surface area (Å²) in [6.45, 7) is 5.13. The Morgan fingerprint density at radius 2 is 1.37 bits per heavy atom. The Morgan fingerprint density at radius 1 is 0.714 bits per heavy atom. The second-order valence-electron chi connectivity index (χ2n) is 9.06. The van der Waals surface area contributed by atoms with Crippen LogP contribution in [0, 0.1) is 0 Å². The molecular formula is C31H39NO3. The highest BCUT2D eigenvalue weighted by atomic mass is 16.5. The summed E-state index contributed by atoms with van der Waals surface area (Å²) < 4.78 is 11.2. The first kappa shape index (κ1) is 26.5. The van der Waals surface area contributed by atoms with Gasteiger partial charge in [-0.25, -0.2) is 4.79 Å². The summed E-state index contributed by atoms with van der Waals surface area (Å²) in [6, 6.07) is 19.3. The van der Waals surface area contributed by atoms with E-state index in [0.717, 1.165) is 42.9 Å². The lowest BCUT2D eigenvalue weighted by atomic mass is 10.0. The maximum Gasteiger partial charge on any atom is 0.343 e. The maximum absolute atomic E-state index is 12.5. The van der Waals surface area contributed by atoms with Crippen molar-refractivity contribution >= 4 is 5.97 Å². The van der Waals surface area contributed by atoms with E-state index < -0.39 is 0 Å². The number of hydrogen-bond acceptors (Lipinski definition) is 4. The Labute approximate surface area is 210 Å². The SMILES string of the molecule is CCCCCCCCCc1ccc(C(=O)Oc2ccc(-c3ccc(OCCCC)cc3)nc2)cc1. The summed E-state index contributed by atoms with van der Waals surface area (Å²) in [5, 5.41) is 0. The minimum atomic E-state index is -0.365. The van der Waals surface area contributed by atoms with Gasteiger partial charge in [0.25, 0.3) is 0 Å². The molecule has 0 N–H and O–H groups in total. The van der Waals surface area contributed by atoms with Crippen LogP contribution in [0.5, 0.6) is 11.5 Å². The van der Waals surface area contributed by atoms with Crippen LogP contribution >= 0.6 is 0 Å². The number of benzene rings is 2. The monoisotopic (exact) mass is 473 g/mol. The van der Waals surface area contributed by atoms with E-state index in [1.165, 1.54) is 50.5 Å². The molecule has 0 unspecified atom stereocenters. The van der Waals surface area contributed by atoms with Gasteiger partial charge in [-0.1, -0.05) is 70.9 Å². The van der Waals surface area contributed by atoms with E-state index in [1.807, 2.05) is 54.6 Å². The third kappa shape index (κ3) is 9.20. The standard InChI is InChI=1S/C31H39NO3/c1-3-5-7-8-9-10-11-12-25-13-15-27(16-14-25)31(33)35-29-21-22-30(32-24-29)26-17-19-28(20-18-26)34-23-6-4-2/h13-22,24H,3-12,23H2,1-2H3. The van der Waals surface area contributed by atoms with Gasteiger partial charge in [0.1, 0.15) is 11.5 Å². The van der Waals surface area contributed by atoms with Gasteiger partial charge in [-0.15, -0.1) is 0 Å². The summed E-state index contributed by atoms with van der Waals surface area (Å²) in [5.41, 5.74) is 3.63. The predicted octanol–water partition coefficient (Wildman–Crippen LogP) is 8.44. The van der Waals surface area contributed by atoms with Crippen molar-refractivity contribution < 1.29 is 14.3 Å². The van der Waals surface area contributed by atoms with Crippen molar-refractivity contribution in [1.82, 2.24) is 4.98 Å². The molecule has 4 nitrogen and oxygen atoms in total. The molecular weight excluding hydrogens is 434 g/mol. The van der Waals surface area contributed by atoms with Crippen LogP contribution in [-0.2, 0) is 6.42 Å². The molecule has 0 bridgehead atoms. The molecule has 0 fully saturated rings. The topological polar surface area (TPSA) is 48.4 Å². The zero-order valence-corrected chi connectivity index (χ0v) is 21.3. The Bertz CT molecular complexity index is 995. The highest BCUT2D eigenvalue weighted by Crippen LogP contribution is 2.23. The molecule has 4 heteroatoms. The van der Waals surface area contributed by atoms with Crippen molar-refractivity contribution in [2.24, 2.45) is 0 Å². The number of pyridine rings is 1. The number of aryl methyl sites for hydroxylation is 1. The number of ether oxygens (including phenoxy) is 2. The molecule has 0 radical (unpaired) electrons. The summed E-state index contributed by atoms with van der Waals surface area (Å²) in [7, 11) is 0. The number of nitrogens with zero attached hydrogens (tertiary/aromatic N) is 1. The zero-order valence-electron chi connectivity index (χ0n) is 21.3. The average Bonchev–Trinajstić information content (AvgIpc) is 2.89. The number of carbonyl (C=O) groups is 1. The van der Waals surface area contributed by atoms with Gasteiger partial charge in [0.2, 0.25) is 0 Å². The van der Waals surface area contributed by atoms with Crippen molar-refractivity contribution in [2.75, 3.05) is 6.61 Å². The van der Waals surface area contributed by atoms with Crippen LogP contribution in [0.25, 0.3) is 11.3 Å². The van der Waals surface area contributed by atoms with E-state index in [0.29, 0.717) is 11.3 Å². The molecule has 3 rings (SSSR count). The number of esters is 1. The van der Waals surface area contributed by atoms with Crippen molar-refractivity contribution in [3.63, 3.8) is 0 Å². The molecule has 1 aromatic heterocycles. The third-order valence-electron chi connectivity index (χ3n) is 6.12. The fourth-order valence-electron chi connectivity index (χ4n) is 3.93. The van der Waals surface area contributed by atoms with Gasteiger partial charge >= 0.3 is 5.97 Å². The molecule has 0 amide bonds. The Morgan fingerprint density at radius 3 is 2.03 bits per heavy atom. The maximum atomic E-state index is 12.5. The number of unbranched alkanes of at least 4 members (excludes halogenated alkanes) is 7. The molecule has 186 valence electrons. The average molecular weight is 474 g/mol. The first-order chi connectivity index (χ1) is 17.2. The second kappa shape index (κ2) is 15.0. The Balaban J connectivity index is 1.45. The summed E-state index contributed by atoms with van der Waals surface area (Å²) in [4.78, 5) is 17.0. The van der Waals surface area contributed by atoms with E-state index >= 15 is 0 Å². The van der Waals surface area contributed by atoms with Crippen LogP contribution in [0.2, 0.25) is 0 Å².